The molecular formula is C15H28N4. The second-order valence-electron chi connectivity index (χ2n) is 6.12. The van der Waals surface area contributed by atoms with Crippen LogP contribution in [0.4, 0.5) is 11.6 Å². The number of nitrogens with one attached hydrogen (secondary N) is 2. The maximum atomic E-state index is 4.35. The predicted octanol–water partition coefficient (Wildman–Crippen LogP) is 3.70. The summed E-state index contributed by atoms with van der Waals surface area (Å²) in [6.45, 7) is 15.1. The first kappa shape index (κ1) is 15.7. The third kappa shape index (κ3) is 4.37. The number of hydrogen-bond donors (Lipinski definition) is 2. The second kappa shape index (κ2) is 6.73. The quantitative estimate of drug-likeness (QED) is 0.788. The molecule has 4 heteroatoms. The SMILES string of the molecule is CCCNc1ncnc(NCC(C)(C)C(C)C)c1C. The van der Waals surface area contributed by atoms with Gasteiger partial charge < -0.3 is 10.6 Å². The highest BCUT2D eigenvalue weighted by molar-refractivity contribution is 5.56. The van der Waals surface area contributed by atoms with Crippen molar-refractivity contribution in [3.8, 4) is 0 Å². The Morgan fingerprint density at radius 2 is 1.74 bits per heavy atom. The molecule has 0 amide bonds. The van der Waals surface area contributed by atoms with Crippen LogP contribution in [-0.2, 0) is 0 Å². The van der Waals surface area contributed by atoms with Gasteiger partial charge in [-0.05, 0) is 24.7 Å². The highest BCUT2D eigenvalue weighted by Crippen LogP contribution is 2.27. The summed E-state index contributed by atoms with van der Waals surface area (Å²) in [6.07, 6.45) is 2.71. The largest absolute Gasteiger partial charge is 0.370 e. The van der Waals surface area contributed by atoms with Crippen LogP contribution in [0.2, 0.25) is 0 Å². The first-order valence-corrected chi connectivity index (χ1v) is 7.17. The molecule has 108 valence electrons. The molecule has 0 saturated heterocycles. The molecule has 0 fully saturated rings. The lowest BCUT2D eigenvalue weighted by Crippen LogP contribution is -2.29. The lowest BCUT2D eigenvalue weighted by molar-refractivity contribution is 0.269. The molecule has 2 N–H and O–H groups in total. The van der Waals surface area contributed by atoms with Crippen LogP contribution < -0.4 is 10.6 Å². The Bertz CT molecular complexity index is 399. The van der Waals surface area contributed by atoms with E-state index in [2.05, 4.69) is 62.1 Å². The summed E-state index contributed by atoms with van der Waals surface area (Å²) in [6, 6.07) is 0. The lowest BCUT2D eigenvalue weighted by atomic mass is 9.81. The number of hydrogen-bond acceptors (Lipinski definition) is 4. The molecule has 1 heterocycles. The average Bonchev–Trinajstić information content (AvgIpc) is 2.36. The molecule has 0 radical (unpaired) electrons. The fourth-order valence-corrected chi connectivity index (χ4v) is 1.57. The standard InChI is InChI=1S/C15H28N4/c1-7-8-16-13-12(4)14(19-10-18-13)17-9-15(5,6)11(2)3/h10-11H,7-9H2,1-6H3,(H2,16,17,18,19). The topological polar surface area (TPSA) is 49.8 Å². The Morgan fingerprint density at radius 3 is 2.26 bits per heavy atom. The van der Waals surface area contributed by atoms with E-state index in [0.29, 0.717) is 5.92 Å². The summed E-state index contributed by atoms with van der Waals surface area (Å²) in [5.41, 5.74) is 1.34. The molecule has 0 bridgehead atoms. The Morgan fingerprint density at radius 1 is 1.16 bits per heavy atom. The minimum atomic E-state index is 0.244. The zero-order valence-corrected chi connectivity index (χ0v) is 13.2. The van der Waals surface area contributed by atoms with E-state index in [1.165, 1.54) is 0 Å². The highest BCUT2D eigenvalue weighted by Gasteiger charge is 2.22. The van der Waals surface area contributed by atoms with Gasteiger partial charge in [0, 0.05) is 18.7 Å². The Balaban J connectivity index is 2.74. The van der Waals surface area contributed by atoms with Crippen LogP contribution in [0.25, 0.3) is 0 Å². The number of anilines is 2. The summed E-state index contributed by atoms with van der Waals surface area (Å²) in [4.78, 5) is 8.64. The zero-order chi connectivity index (χ0) is 14.5. The van der Waals surface area contributed by atoms with Crippen molar-refractivity contribution < 1.29 is 0 Å². The van der Waals surface area contributed by atoms with Crippen LogP contribution in [0.5, 0.6) is 0 Å². The van der Waals surface area contributed by atoms with Gasteiger partial charge in [0.25, 0.3) is 0 Å². The number of nitrogens with zero attached hydrogens (tertiary/aromatic N) is 2. The van der Waals surface area contributed by atoms with Crippen molar-refractivity contribution in [3.05, 3.63) is 11.9 Å². The van der Waals surface area contributed by atoms with E-state index in [1.54, 1.807) is 6.33 Å². The van der Waals surface area contributed by atoms with Gasteiger partial charge in [-0.15, -0.1) is 0 Å². The van der Waals surface area contributed by atoms with E-state index >= 15 is 0 Å². The molecule has 0 unspecified atom stereocenters. The van der Waals surface area contributed by atoms with Gasteiger partial charge >= 0.3 is 0 Å². The van der Waals surface area contributed by atoms with Crippen molar-refractivity contribution in [2.45, 2.75) is 48.0 Å². The third-order valence-electron chi connectivity index (χ3n) is 3.90. The molecule has 0 saturated carbocycles. The number of rotatable bonds is 7. The minimum absolute atomic E-state index is 0.244. The van der Waals surface area contributed by atoms with Gasteiger partial charge in [-0.2, -0.15) is 0 Å². The van der Waals surface area contributed by atoms with Crippen molar-refractivity contribution in [1.82, 2.24) is 9.97 Å². The van der Waals surface area contributed by atoms with E-state index in [9.17, 15) is 0 Å². The van der Waals surface area contributed by atoms with Crippen molar-refractivity contribution in [2.24, 2.45) is 11.3 Å². The molecule has 4 nitrogen and oxygen atoms in total. The van der Waals surface area contributed by atoms with Gasteiger partial charge in [-0.1, -0.05) is 34.6 Å². The first-order valence-electron chi connectivity index (χ1n) is 7.17. The van der Waals surface area contributed by atoms with E-state index in [0.717, 1.165) is 36.7 Å². The Kier molecular flexibility index (Phi) is 5.58. The predicted molar refractivity (Wildman–Crippen MR) is 82.7 cm³/mol. The molecule has 1 aromatic heterocycles. The van der Waals surface area contributed by atoms with Crippen LogP contribution in [-0.4, -0.2) is 23.1 Å². The third-order valence-corrected chi connectivity index (χ3v) is 3.90. The minimum Gasteiger partial charge on any atom is -0.370 e. The highest BCUT2D eigenvalue weighted by atomic mass is 15.1. The summed E-state index contributed by atoms with van der Waals surface area (Å²) >= 11 is 0. The van der Waals surface area contributed by atoms with E-state index in [-0.39, 0.29) is 5.41 Å². The average molecular weight is 264 g/mol. The van der Waals surface area contributed by atoms with Crippen LogP contribution in [0.15, 0.2) is 6.33 Å². The summed E-state index contributed by atoms with van der Waals surface area (Å²) in [5, 5.41) is 6.79. The van der Waals surface area contributed by atoms with Crippen molar-refractivity contribution in [1.29, 1.82) is 0 Å². The molecule has 0 aliphatic heterocycles. The molecule has 19 heavy (non-hydrogen) atoms. The van der Waals surface area contributed by atoms with Crippen LogP contribution in [0, 0.1) is 18.3 Å². The van der Waals surface area contributed by atoms with Crippen molar-refractivity contribution in [3.63, 3.8) is 0 Å². The maximum Gasteiger partial charge on any atom is 0.134 e. The molecule has 0 aromatic carbocycles. The fraction of sp³-hybridized carbons (Fsp3) is 0.733. The van der Waals surface area contributed by atoms with Crippen molar-refractivity contribution >= 4 is 11.6 Å². The Labute approximate surface area is 117 Å². The molecule has 1 rings (SSSR count). The number of aromatic nitrogens is 2. The summed E-state index contributed by atoms with van der Waals surface area (Å²) in [7, 11) is 0. The maximum absolute atomic E-state index is 4.35. The van der Waals surface area contributed by atoms with E-state index < -0.39 is 0 Å². The molecule has 0 spiro atoms. The Hall–Kier alpha value is -1.32. The van der Waals surface area contributed by atoms with Gasteiger partial charge in [0.1, 0.15) is 18.0 Å². The lowest BCUT2D eigenvalue weighted by Gasteiger charge is -2.30. The monoisotopic (exact) mass is 264 g/mol. The molecule has 0 aliphatic rings. The van der Waals surface area contributed by atoms with Crippen molar-refractivity contribution in [2.75, 3.05) is 23.7 Å². The van der Waals surface area contributed by atoms with Gasteiger partial charge in [0.2, 0.25) is 0 Å². The zero-order valence-electron chi connectivity index (χ0n) is 13.2. The van der Waals surface area contributed by atoms with Gasteiger partial charge in [0.05, 0.1) is 0 Å². The van der Waals surface area contributed by atoms with Gasteiger partial charge in [-0.25, -0.2) is 9.97 Å². The van der Waals surface area contributed by atoms with Crippen LogP contribution in [0.3, 0.4) is 0 Å². The van der Waals surface area contributed by atoms with Crippen LogP contribution in [0.1, 0.15) is 46.6 Å². The van der Waals surface area contributed by atoms with Gasteiger partial charge in [-0.3, -0.25) is 0 Å². The van der Waals surface area contributed by atoms with Gasteiger partial charge in [0.15, 0.2) is 0 Å². The molecule has 0 atom stereocenters. The summed E-state index contributed by atoms with van der Waals surface area (Å²) in [5.74, 6) is 2.49. The summed E-state index contributed by atoms with van der Waals surface area (Å²) < 4.78 is 0. The normalized spacial score (nSPS) is 11.7. The second-order valence-corrected chi connectivity index (χ2v) is 6.12. The smallest absolute Gasteiger partial charge is 0.134 e. The molecular weight excluding hydrogens is 236 g/mol. The van der Waals surface area contributed by atoms with E-state index in [4.69, 9.17) is 0 Å². The van der Waals surface area contributed by atoms with Crippen LogP contribution >= 0.6 is 0 Å². The molecule has 1 aromatic rings. The fourth-order valence-electron chi connectivity index (χ4n) is 1.57. The first-order chi connectivity index (χ1) is 8.88. The molecule has 0 aliphatic carbocycles. The van der Waals surface area contributed by atoms with E-state index in [1.807, 2.05) is 0 Å².